The third kappa shape index (κ3) is 2.81. The van der Waals surface area contributed by atoms with E-state index in [4.69, 9.17) is 5.73 Å². The van der Waals surface area contributed by atoms with E-state index in [1.807, 2.05) is 6.92 Å². The molecular formula is C9H18N4O2S. The maximum Gasteiger partial charge on any atom is 0.246 e. The molecule has 0 unspecified atom stereocenters. The van der Waals surface area contributed by atoms with Gasteiger partial charge in [0.05, 0.1) is 6.20 Å². The molecule has 92 valence electrons. The molecule has 0 aliphatic rings. The van der Waals surface area contributed by atoms with Crippen LogP contribution in [0.1, 0.15) is 13.3 Å². The Hall–Kier alpha value is -0.920. The van der Waals surface area contributed by atoms with Crippen molar-refractivity contribution < 1.29 is 8.42 Å². The number of nitrogens with two attached hydrogens (primary N) is 1. The van der Waals surface area contributed by atoms with Crippen LogP contribution < -0.4 is 5.73 Å². The van der Waals surface area contributed by atoms with Crippen LogP contribution >= 0.6 is 0 Å². The van der Waals surface area contributed by atoms with Gasteiger partial charge in [0.15, 0.2) is 0 Å². The van der Waals surface area contributed by atoms with E-state index >= 15 is 0 Å². The summed E-state index contributed by atoms with van der Waals surface area (Å²) in [5.74, 6) is 0. The maximum absolute atomic E-state index is 12.1. The molecule has 6 nitrogen and oxygen atoms in total. The van der Waals surface area contributed by atoms with Gasteiger partial charge in [0.2, 0.25) is 10.0 Å². The molecular weight excluding hydrogens is 228 g/mol. The van der Waals surface area contributed by atoms with Crippen LogP contribution in [-0.2, 0) is 17.1 Å². The van der Waals surface area contributed by atoms with Gasteiger partial charge in [-0.05, 0) is 6.42 Å². The number of hydrogen-bond donors (Lipinski definition) is 1. The normalized spacial score (nSPS) is 12.2. The van der Waals surface area contributed by atoms with E-state index in [-0.39, 0.29) is 4.90 Å². The minimum absolute atomic E-state index is 0.219. The Balaban J connectivity index is 2.97. The number of rotatable bonds is 6. The molecule has 0 fully saturated rings. The zero-order valence-electron chi connectivity index (χ0n) is 9.63. The maximum atomic E-state index is 12.1. The van der Waals surface area contributed by atoms with Crippen molar-refractivity contribution in [2.45, 2.75) is 18.2 Å². The Bertz CT molecular complexity index is 420. The topological polar surface area (TPSA) is 81.2 Å². The van der Waals surface area contributed by atoms with E-state index < -0.39 is 10.0 Å². The molecule has 1 rings (SSSR count). The van der Waals surface area contributed by atoms with Crippen molar-refractivity contribution in [3.05, 3.63) is 12.4 Å². The van der Waals surface area contributed by atoms with Gasteiger partial charge in [-0.3, -0.25) is 4.68 Å². The molecule has 0 aromatic carbocycles. The Kier molecular flexibility index (Phi) is 4.45. The van der Waals surface area contributed by atoms with E-state index in [9.17, 15) is 8.42 Å². The molecule has 1 aromatic heterocycles. The summed E-state index contributed by atoms with van der Waals surface area (Å²) in [5, 5.41) is 3.87. The molecule has 0 radical (unpaired) electrons. The molecule has 0 aliphatic carbocycles. The van der Waals surface area contributed by atoms with Crippen molar-refractivity contribution in [3.63, 3.8) is 0 Å². The standard InChI is InChI=1S/C9H18N4O2S/c1-3-5-13(6-4-10)16(14,15)9-7-11-12(2)8-9/h7-8H,3-6,10H2,1-2H3. The van der Waals surface area contributed by atoms with Crippen LogP contribution in [0.3, 0.4) is 0 Å². The Morgan fingerprint density at radius 2 is 2.19 bits per heavy atom. The van der Waals surface area contributed by atoms with Gasteiger partial charge in [0, 0.05) is 32.9 Å². The van der Waals surface area contributed by atoms with Crippen molar-refractivity contribution in [3.8, 4) is 0 Å². The number of hydrogen-bond acceptors (Lipinski definition) is 4. The monoisotopic (exact) mass is 246 g/mol. The molecule has 0 saturated carbocycles. The first-order chi connectivity index (χ1) is 7.52. The number of sulfonamides is 1. The summed E-state index contributed by atoms with van der Waals surface area (Å²) in [6.45, 7) is 3.07. The zero-order valence-corrected chi connectivity index (χ0v) is 10.4. The van der Waals surface area contributed by atoms with Gasteiger partial charge in [-0.25, -0.2) is 8.42 Å². The largest absolute Gasteiger partial charge is 0.329 e. The van der Waals surface area contributed by atoms with E-state index in [0.29, 0.717) is 19.6 Å². The second-order valence-corrected chi connectivity index (χ2v) is 5.48. The first-order valence-electron chi connectivity index (χ1n) is 5.21. The second kappa shape index (κ2) is 5.42. The smallest absolute Gasteiger partial charge is 0.246 e. The SMILES string of the molecule is CCCN(CCN)S(=O)(=O)c1cnn(C)c1. The summed E-state index contributed by atoms with van der Waals surface area (Å²) >= 11 is 0. The van der Waals surface area contributed by atoms with E-state index in [1.165, 1.54) is 21.4 Å². The minimum Gasteiger partial charge on any atom is -0.329 e. The summed E-state index contributed by atoms with van der Waals surface area (Å²) in [6.07, 6.45) is 3.61. The van der Waals surface area contributed by atoms with Gasteiger partial charge in [0.25, 0.3) is 0 Å². The molecule has 0 saturated heterocycles. The van der Waals surface area contributed by atoms with Crippen LogP contribution in [0.2, 0.25) is 0 Å². The molecule has 0 aliphatic heterocycles. The van der Waals surface area contributed by atoms with Crippen LogP contribution in [0, 0.1) is 0 Å². The lowest BCUT2D eigenvalue weighted by Crippen LogP contribution is -2.35. The zero-order chi connectivity index (χ0) is 12.2. The first-order valence-corrected chi connectivity index (χ1v) is 6.65. The predicted molar refractivity (Wildman–Crippen MR) is 61.3 cm³/mol. The molecule has 16 heavy (non-hydrogen) atoms. The van der Waals surface area contributed by atoms with Gasteiger partial charge < -0.3 is 5.73 Å². The lowest BCUT2D eigenvalue weighted by Gasteiger charge is -2.19. The van der Waals surface area contributed by atoms with Crippen molar-refractivity contribution >= 4 is 10.0 Å². The molecule has 0 bridgehead atoms. The second-order valence-electron chi connectivity index (χ2n) is 3.54. The van der Waals surface area contributed by atoms with Gasteiger partial charge in [0.1, 0.15) is 4.90 Å². The van der Waals surface area contributed by atoms with Crippen molar-refractivity contribution in [1.82, 2.24) is 14.1 Å². The molecule has 2 N–H and O–H groups in total. The molecule has 7 heteroatoms. The molecule has 0 amide bonds. The minimum atomic E-state index is -3.43. The number of aryl methyl sites for hydroxylation is 1. The van der Waals surface area contributed by atoms with Crippen molar-refractivity contribution in [2.75, 3.05) is 19.6 Å². The Morgan fingerprint density at radius 1 is 1.50 bits per heavy atom. The summed E-state index contributed by atoms with van der Waals surface area (Å²) in [6, 6.07) is 0. The number of nitrogens with zero attached hydrogens (tertiary/aromatic N) is 3. The van der Waals surface area contributed by atoms with E-state index in [1.54, 1.807) is 7.05 Å². The van der Waals surface area contributed by atoms with Crippen molar-refractivity contribution in [2.24, 2.45) is 12.8 Å². The molecule has 0 atom stereocenters. The van der Waals surface area contributed by atoms with Gasteiger partial charge >= 0.3 is 0 Å². The van der Waals surface area contributed by atoms with Crippen LogP contribution in [0.4, 0.5) is 0 Å². The van der Waals surface area contributed by atoms with Crippen LogP contribution in [-0.4, -0.2) is 42.1 Å². The third-order valence-electron chi connectivity index (χ3n) is 2.17. The third-order valence-corrected chi connectivity index (χ3v) is 4.02. The molecule has 1 heterocycles. The highest BCUT2D eigenvalue weighted by Crippen LogP contribution is 2.14. The van der Waals surface area contributed by atoms with Crippen LogP contribution in [0.15, 0.2) is 17.3 Å². The van der Waals surface area contributed by atoms with Crippen LogP contribution in [0.5, 0.6) is 0 Å². The van der Waals surface area contributed by atoms with Gasteiger partial charge in [-0.2, -0.15) is 9.40 Å². The average Bonchev–Trinajstić information content (AvgIpc) is 2.65. The van der Waals surface area contributed by atoms with Crippen LogP contribution in [0.25, 0.3) is 0 Å². The molecule has 1 aromatic rings. The van der Waals surface area contributed by atoms with Gasteiger partial charge in [-0.15, -0.1) is 0 Å². The first kappa shape index (κ1) is 13.1. The Labute approximate surface area is 96.1 Å². The lowest BCUT2D eigenvalue weighted by atomic mass is 10.5. The van der Waals surface area contributed by atoms with E-state index in [2.05, 4.69) is 5.10 Å². The Morgan fingerprint density at radius 3 is 2.62 bits per heavy atom. The highest BCUT2D eigenvalue weighted by Gasteiger charge is 2.24. The molecule has 0 spiro atoms. The quantitative estimate of drug-likeness (QED) is 0.752. The lowest BCUT2D eigenvalue weighted by molar-refractivity contribution is 0.418. The number of aromatic nitrogens is 2. The average molecular weight is 246 g/mol. The van der Waals surface area contributed by atoms with Crippen molar-refractivity contribution in [1.29, 1.82) is 0 Å². The van der Waals surface area contributed by atoms with Gasteiger partial charge in [-0.1, -0.05) is 6.92 Å². The fourth-order valence-corrected chi connectivity index (χ4v) is 2.96. The predicted octanol–water partition coefficient (Wildman–Crippen LogP) is -0.220. The highest BCUT2D eigenvalue weighted by atomic mass is 32.2. The summed E-state index contributed by atoms with van der Waals surface area (Å²) in [4.78, 5) is 0.219. The summed E-state index contributed by atoms with van der Waals surface area (Å²) < 4.78 is 27.1. The fraction of sp³-hybridized carbons (Fsp3) is 0.667. The van der Waals surface area contributed by atoms with E-state index in [0.717, 1.165) is 6.42 Å². The highest BCUT2D eigenvalue weighted by molar-refractivity contribution is 7.89. The summed E-state index contributed by atoms with van der Waals surface area (Å²) in [5.41, 5.74) is 5.41. The fourth-order valence-electron chi connectivity index (χ4n) is 1.43. The summed E-state index contributed by atoms with van der Waals surface area (Å²) in [7, 11) is -1.75.